The topological polar surface area (TPSA) is 55.1 Å². The Morgan fingerprint density at radius 1 is 1.27 bits per heavy atom. The zero-order valence-corrected chi connectivity index (χ0v) is 14.7. The van der Waals surface area contributed by atoms with Gasteiger partial charge in [-0.05, 0) is 49.1 Å². The minimum absolute atomic E-state index is 0. The van der Waals surface area contributed by atoms with Crippen LogP contribution in [0.25, 0.3) is 0 Å². The Morgan fingerprint density at radius 2 is 1.82 bits per heavy atom. The van der Waals surface area contributed by atoms with E-state index in [0.717, 1.165) is 12.0 Å². The third kappa shape index (κ3) is 5.29. The predicted molar refractivity (Wildman–Crippen MR) is 94.3 cm³/mol. The van der Waals surface area contributed by atoms with Crippen molar-refractivity contribution in [2.75, 3.05) is 6.54 Å². The number of benzene rings is 1. The average molecular weight is 325 g/mol. The number of rotatable bonds is 7. The first kappa shape index (κ1) is 19.0. The van der Waals surface area contributed by atoms with Crippen LogP contribution in [0.1, 0.15) is 44.7 Å². The van der Waals surface area contributed by atoms with Gasteiger partial charge in [0.15, 0.2) is 0 Å². The maximum atomic E-state index is 12.2. The van der Waals surface area contributed by atoms with Crippen LogP contribution in [-0.2, 0) is 17.6 Å². The minimum atomic E-state index is -0.228. The Bertz CT molecular complexity index is 482. The van der Waals surface area contributed by atoms with Crippen LogP contribution in [0.15, 0.2) is 24.3 Å². The molecule has 1 unspecified atom stereocenters. The summed E-state index contributed by atoms with van der Waals surface area (Å²) in [7, 11) is 0. The summed E-state index contributed by atoms with van der Waals surface area (Å²) >= 11 is 0. The zero-order valence-electron chi connectivity index (χ0n) is 13.9. The smallest absolute Gasteiger partial charge is 0.224 e. The van der Waals surface area contributed by atoms with E-state index in [-0.39, 0.29) is 23.9 Å². The molecule has 1 fully saturated rings. The molecule has 1 aromatic carbocycles. The summed E-state index contributed by atoms with van der Waals surface area (Å²) in [5, 5.41) is 3.14. The highest BCUT2D eigenvalue weighted by atomic mass is 35.5. The van der Waals surface area contributed by atoms with E-state index in [1.165, 1.54) is 18.4 Å². The summed E-state index contributed by atoms with van der Waals surface area (Å²) < 4.78 is 0. The Labute approximate surface area is 140 Å². The van der Waals surface area contributed by atoms with Crippen LogP contribution in [-0.4, -0.2) is 18.0 Å². The molecule has 1 saturated carbocycles. The summed E-state index contributed by atoms with van der Waals surface area (Å²) in [6.07, 6.45) is 3.87. The fourth-order valence-corrected chi connectivity index (χ4v) is 2.85. The maximum absolute atomic E-state index is 12.2. The van der Waals surface area contributed by atoms with Crippen molar-refractivity contribution in [3.05, 3.63) is 35.4 Å². The van der Waals surface area contributed by atoms with Gasteiger partial charge in [0, 0.05) is 6.54 Å². The third-order valence-corrected chi connectivity index (χ3v) is 4.36. The fourth-order valence-electron chi connectivity index (χ4n) is 2.85. The van der Waals surface area contributed by atoms with E-state index in [2.05, 4.69) is 50.4 Å². The molecule has 22 heavy (non-hydrogen) atoms. The van der Waals surface area contributed by atoms with Crippen molar-refractivity contribution in [3.8, 4) is 0 Å². The highest BCUT2D eigenvalue weighted by molar-refractivity contribution is 5.85. The van der Waals surface area contributed by atoms with Gasteiger partial charge in [0.1, 0.15) is 0 Å². The van der Waals surface area contributed by atoms with Crippen LogP contribution < -0.4 is 11.1 Å². The highest BCUT2D eigenvalue weighted by Crippen LogP contribution is 2.38. The summed E-state index contributed by atoms with van der Waals surface area (Å²) in [5.74, 6) is 1.29. The number of halogens is 1. The molecule has 1 amide bonds. The molecule has 0 spiro atoms. The van der Waals surface area contributed by atoms with Crippen molar-refractivity contribution in [1.82, 2.24) is 5.32 Å². The zero-order chi connectivity index (χ0) is 15.5. The van der Waals surface area contributed by atoms with Gasteiger partial charge in [0.25, 0.3) is 0 Å². The van der Waals surface area contributed by atoms with Gasteiger partial charge in [-0.1, -0.05) is 38.1 Å². The van der Waals surface area contributed by atoms with E-state index in [0.29, 0.717) is 24.8 Å². The number of nitrogens with two attached hydrogens (primary N) is 1. The second-order valence-electron chi connectivity index (χ2n) is 7.04. The number of hydrogen-bond acceptors (Lipinski definition) is 2. The second kappa shape index (κ2) is 7.98. The number of nitrogens with one attached hydrogen (secondary N) is 1. The molecule has 0 radical (unpaired) electrons. The molecule has 3 nitrogen and oxygen atoms in total. The fraction of sp³-hybridized carbons (Fsp3) is 0.611. The van der Waals surface area contributed by atoms with E-state index in [1.54, 1.807) is 0 Å². The Hall–Kier alpha value is -1.06. The molecule has 0 bridgehead atoms. The second-order valence-corrected chi connectivity index (χ2v) is 7.04. The van der Waals surface area contributed by atoms with Gasteiger partial charge in [-0.15, -0.1) is 12.4 Å². The average Bonchev–Trinajstić information content (AvgIpc) is 3.25. The first-order valence-corrected chi connectivity index (χ1v) is 8.02. The number of hydrogen-bond donors (Lipinski definition) is 2. The molecule has 3 N–H and O–H groups in total. The maximum Gasteiger partial charge on any atom is 0.224 e. The monoisotopic (exact) mass is 324 g/mol. The molecule has 1 aliphatic carbocycles. The lowest BCUT2D eigenvalue weighted by Crippen LogP contribution is -2.53. The normalized spacial score (nSPS) is 16.8. The van der Waals surface area contributed by atoms with Crippen molar-refractivity contribution in [3.63, 3.8) is 0 Å². The van der Waals surface area contributed by atoms with E-state index < -0.39 is 0 Å². The van der Waals surface area contributed by atoms with Crippen LogP contribution in [0, 0.1) is 11.8 Å². The van der Waals surface area contributed by atoms with Crippen LogP contribution in [0.3, 0.4) is 0 Å². The molecule has 1 aliphatic rings. The molecule has 0 saturated heterocycles. The Morgan fingerprint density at radius 3 is 2.27 bits per heavy atom. The molecule has 2 rings (SSSR count). The van der Waals surface area contributed by atoms with Crippen LogP contribution in [0.2, 0.25) is 0 Å². The van der Waals surface area contributed by atoms with Crippen molar-refractivity contribution >= 4 is 18.3 Å². The molecule has 4 heteroatoms. The summed E-state index contributed by atoms with van der Waals surface area (Å²) in [6, 6.07) is 8.39. The lowest BCUT2D eigenvalue weighted by atomic mass is 9.95. The summed E-state index contributed by atoms with van der Waals surface area (Å²) in [4.78, 5) is 12.2. The van der Waals surface area contributed by atoms with Crippen LogP contribution >= 0.6 is 12.4 Å². The lowest BCUT2D eigenvalue weighted by Gasteiger charge is -2.29. The minimum Gasteiger partial charge on any atom is -0.349 e. The van der Waals surface area contributed by atoms with E-state index in [4.69, 9.17) is 5.73 Å². The molecular weight excluding hydrogens is 296 g/mol. The molecule has 0 aromatic heterocycles. The van der Waals surface area contributed by atoms with Gasteiger partial charge >= 0.3 is 0 Å². The quantitative estimate of drug-likeness (QED) is 0.809. The SMILES string of the molecule is CC(C)Cc1ccc(CC(=O)NC(C)(CN)C2CC2)cc1.Cl. The standard InChI is InChI=1S/C18H28N2O.ClH/c1-13(2)10-14-4-6-15(7-5-14)11-17(21)20-18(3,12-19)16-8-9-16;/h4-7,13,16H,8-12,19H2,1-3H3,(H,20,21);1H. The van der Waals surface area contributed by atoms with Gasteiger partial charge in [-0.3, -0.25) is 4.79 Å². The van der Waals surface area contributed by atoms with Crippen LogP contribution in [0.5, 0.6) is 0 Å². The van der Waals surface area contributed by atoms with Crippen molar-refractivity contribution in [1.29, 1.82) is 0 Å². The van der Waals surface area contributed by atoms with Gasteiger partial charge in [-0.2, -0.15) is 0 Å². The first-order chi connectivity index (χ1) is 9.93. The predicted octanol–water partition coefficient (Wildman–Crippen LogP) is 3.09. The summed E-state index contributed by atoms with van der Waals surface area (Å²) in [5.41, 5.74) is 8.01. The molecule has 0 aliphatic heterocycles. The van der Waals surface area contributed by atoms with E-state index in [9.17, 15) is 4.79 Å². The Balaban J connectivity index is 0.00000242. The van der Waals surface area contributed by atoms with Crippen molar-refractivity contribution in [2.45, 2.75) is 52.0 Å². The highest BCUT2D eigenvalue weighted by Gasteiger charge is 2.41. The van der Waals surface area contributed by atoms with E-state index in [1.807, 2.05) is 0 Å². The number of amides is 1. The molecule has 124 valence electrons. The molecule has 1 aromatic rings. The van der Waals surface area contributed by atoms with Gasteiger partial charge < -0.3 is 11.1 Å². The van der Waals surface area contributed by atoms with Gasteiger partial charge in [-0.25, -0.2) is 0 Å². The first-order valence-electron chi connectivity index (χ1n) is 8.02. The van der Waals surface area contributed by atoms with Gasteiger partial charge in [0.05, 0.1) is 12.0 Å². The third-order valence-electron chi connectivity index (χ3n) is 4.36. The summed E-state index contributed by atoms with van der Waals surface area (Å²) in [6.45, 7) is 7.00. The van der Waals surface area contributed by atoms with Crippen molar-refractivity contribution < 1.29 is 4.79 Å². The number of carbonyl (C=O) groups excluding carboxylic acids is 1. The van der Waals surface area contributed by atoms with E-state index >= 15 is 0 Å². The largest absolute Gasteiger partial charge is 0.349 e. The van der Waals surface area contributed by atoms with Crippen LogP contribution in [0.4, 0.5) is 0 Å². The van der Waals surface area contributed by atoms with Gasteiger partial charge in [0.2, 0.25) is 5.91 Å². The Kier molecular flexibility index (Phi) is 6.89. The molecule has 1 atom stereocenters. The molecular formula is C18H29ClN2O. The van der Waals surface area contributed by atoms with Crippen molar-refractivity contribution in [2.24, 2.45) is 17.6 Å². The molecule has 0 heterocycles. The lowest BCUT2D eigenvalue weighted by molar-refractivity contribution is -0.122. The number of carbonyl (C=O) groups is 1.